The standard InChI is InChI=1S/C28H38N2O3/c1-4-26(28(32)29-24-8-6-5-7-9-24)30(20-23-14-17-25(33-3)18-15-23)27(31)19-16-22-12-10-21(2)11-13-22/h10-15,17-18,24,26H,4-9,16,19-20H2,1-3H3,(H,29,32)/t26-/m0/s1. The maximum Gasteiger partial charge on any atom is 0.243 e. The lowest BCUT2D eigenvalue weighted by Gasteiger charge is -2.33. The van der Waals surface area contributed by atoms with Crippen molar-refractivity contribution in [2.75, 3.05) is 7.11 Å². The number of methoxy groups -OCH3 is 1. The first kappa shape index (κ1) is 24.8. The van der Waals surface area contributed by atoms with Gasteiger partial charge in [0.05, 0.1) is 7.11 Å². The second-order valence-electron chi connectivity index (χ2n) is 9.12. The van der Waals surface area contributed by atoms with Crippen molar-refractivity contribution in [1.29, 1.82) is 0 Å². The molecule has 2 aromatic rings. The summed E-state index contributed by atoms with van der Waals surface area (Å²) in [5.41, 5.74) is 3.33. The highest BCUT2D eigenvalue weighted by molar-refractivity contribution is 5.88. The predicted molar refractivity (Wildman–Crippen MR) is 132 cm³/mol. The number of hydrogen-bond acceptors (Lipinski definition) is 3. The maximum absolute atomic E-state index is 13.4. The van der Waals surface area contributed by atoms with Crippen LogP contribution in [0.5, 0.6) is 5.75 Å². The van der Waals surface area contributed by atoms with Crippen LogP contribution in [-0.4, -0.2) is 35.9 Å². The van der Waals surface area contributed by atoms with E-state index in [-0.39, 0.29) is 17.9 Å². The van der Waals surface area contributed by atoms with Gasteiger partial charge in [0.15, 0.2) is 0 Å². The Bertz CT molecular complexity index is 886. The van der Waals surface area contributed by atoms with E-state index in [1.54, 1.807) is 12.0 Å². The van der Waals surface area contributed by atoms with Gasteiger partial charge < -0.3 is 15.0 Å². The molecule has 1 aliphatic carbocycles. The van der Waals surface area contributed by atoms with E-state index >= 15 is 0 Å². The Morgan fingerprint density at radius 3 is 2.24 bits per heavy atom. The number of benzene rings is 2. The maximum atomic E-state index is 13.4. The lowest BCUT2D eigenvalue weighted by atomic mass is 9.95. The minimum Gasteiger partial charge on any atom is -0.497 e. The van der Waals surface area contributed by atoms with Gasteiger partial charge in [0.25, 0.3) is 0 Å². The summed E-state index contributed by atoms with van der Waals surface area (Å²) in [6.45, 7) is 4.45. The second kappa shape index (κ2) is 12.4. The van der Waals surface area contributed by atoms with E-state index in [4.69, 9.17) is 4.74 Å². The number of carbonyl (C=O) groups is 2. The van der Waals surface area contributed by atoms with Crippen molar-refractivity contribution in [1.82, 2.24) is 10.2 Å². The molecule has 2 amide bonds. The van der Waals surface area contributed by atoms with Crippen LogP contribution in [0.1, 0.15) is 68.6 Å². The highest BCUT2D eigenvalue weighted by Crippen LogP contribution is 2.20. The fraction of sp³-hybridized carbons (Fsp3) is 0.500. The molecule has 1 fully saturated rings. The van der Waals surface area contributed by atoms with E-state index in [2.05, 4.69) is 36.5 Å². The summed E-state index contributed by atoms with van der Waals surface area (Å²) in [7, 11) is 1.64. The monoisotopic (exact) mass is 450 g/mol. The van der Waals surface area contributed by atoms with Gasteiger partial charge >= 0.3 is 0 Å². The lowest BCUT2D eigenvalue weighted by Crippen LogP contribution is -2.51. The molecule has 0 spiro atoms. The summed E-state index contributed by atoms with van der Waals surface area (Å²) in [5, 5.41) is 3.24. The number of amides is 2. The molecule has 0 radical (unpaired) electrons. The van der Waals surface area contributed by atoms with Crippen molar-refractivity contribution in [2.45, 2.75) is 83.8 Å². The average molecular weight is 451 g/mol. The van der Waals surface area contributed by atoms with Crippen LogP contribution in [0.4, 0.5) is 0 Å². The molecule has 5 nitrogen and oxygen atoms in total. The summed E-state index contributed by atoms with van der Waals surface area (Å²) >= 11 is 0. The smallest absolute Gasteiger partial charge is 0.243 e. The molecule has 1 aliphatic rings. The molecule has 0 aliphatic heterocycles. The van der Waals surface area contributed by atoms with Crippen molar-refractivity contribution in [3.63, 3.8) is 0 Å². The molecule has 0 heterocycles. The molecule has 0 bridgehead atoms. The normalized spacial score (nSPS) is 15.0. The molecule has 5 heteroatoms. The molecular weight excluding hydrogens is 412 g/mol. The fourth-order valence-corrected chi connectivity index (χ4v) is 4.54. The molecule has 0 aromatic heterocycles. The van der Waals surface area contributed by atoms with Gasteiger partial charge in [0.2, 0.25) is 11.8 Å². The first-order chi connectivity index (χ1) is 16.0. The Hall–Kier alpha value is -2.82. The Balaban J connectivity index is 1.74. The van der Waals surface area contributed by atoms with Crippen LogP contribution in [0.15, 0.2) is 48.5 Å². The van der Waals surface area contributed by atoms with E-state index in [0.717, 1.165) is 42.6 Å². The Labute approximate surface area is 198 Å². The van der Waals surface area contributed by atoms with Gasteiger partial charge in [0.1, 0.15) is 11.8 Å². The van der Waals surface area contributed by atoms with E-state index < -0.39 is 6.04 Å². The third-order valence-electron chi connectivity index (χ3n) is 6.60. The van der Waals surface area contributed by atoms with Crippen LogP contribution >= 0.6 is 0 Å². The molecule has 178 valence electrons. The van der Waals surface area contributed by atoms with Crippen molar-refractivity contribution in [2.24, 2.45) is 0 Å². The summed E-state index contributed by atoms with van der Waals surface area (Å²) < 4.78 is 5.26. The van der Waals surface area contributed by atoms with Gasteiger partial charge in [0, 0.05) is 19.0 Å². The van der Waals surface area contributed by atoms with Gasteiger partial charge in [-0.2, -0.15) is 0 Å². The van der Waals surface area contributed by atoms with Gasteiger partial charge in [-0.25, -0.2) is 0 Å². The SMILES string of the molecule is CC[C@@H](C(=O)NC1CCCCC1)N(Cc1ccc(OC)cc1)C(=O)CCc1ccc(C)cc1. The molecule has 0 saturated heterocycles. The van der Waals surface area contributed by atoms with Crippen molar-refractivity contribution >= 4 is 11.8 Å². The zero-order valence-corrected chi connectivity index (χ0v) is 20.3. The Morgan fingerprint density at radius 1 is 1.00 bits per heavy atom. The van der Waals surface area contributed by atoms with Crippen LogP contribution < -0.4 is 10.1 Å². The lowest BCUT2D eigenvalue weighted by molar-refractivity contribution is -0.141. The molecule has 0 unspecified atom stereocenters. The number of nitrogens with one attached hydrogen (secondary N) is 1. The Kier molecular flexibility index (Phi) is 9.35. The summed E-state index contributed by atoms with van der Waals surface area (Å²) in [6, 6.07) is 15.8. The van der Waals surface area contributed by atoms with Crippen molar-refractivity contribution in [3.05, 3.63) is 65.2 Å². The fourth-order valence-electron chi connectivity index (χ4n) is 4.54. The molecule has 1 saturated carbocycles. The Morgan fingerprint density at radius 2 is 1.64 bits per heavy atom. The zero-order chi connectivity index (χ0) is 23.6. The van der Waals surface area contributed by atoms with Crippen LogP contribution in [0.25, 0.3) is 0 Å². The van der Waals surface area contributed by atoms with Crippen LogP contribution in [0.2, 0.25) is 0 Å². The minimum absolute atomic E-state index is 0.0111. The summed E-state index contributed by atoms with van der Waals surface area (Å²) in [4.78, 5) is 28.5. The van der Waals surface area contributed by atoms with E-state index in [1.807, 2.05) is 31.2 Å². The number of aryl methyl sites for hydroxylation is 2. The molecule has 33 heavy (non-hydrogen) atoms. The van der Waals surface area contributed by atoms with E-state index in [0.29, 0.717) is 25.8 Å². The highest BCUT2D eigenvalue weighted by Gasteiger charge is 2.30. The van der Waals surface area contributed by atoms with Gasteiger partial charge in [-0.15, -0.1) is 0 Å². The van der Waals surface area contributed by atoms with Crippen LogP contribution in [-0.2, 0) is 22.6 Å². The highest BCUT2D eigenvalue weighted by atomic mass is 16.5. The number of rotatable bonds is 10. The van der Waals surface area contributed by atoms with E-state index in [9.17, 15) is 9.59 Å². The largest absolute Gasteiger partial charge is 0.497 e. The number of hydrogen-bond donors (Lipinski definition) is 1. The summed E-state index contributed by atoms with van der Waals surface area (Å²) in [5.74, 6) is 0.761. The summed E-state index contributed by atoms with van der Waals surface area (Å²) in [6.07, 6.45) is 7.25. The number of carbonyl (C=O) groups excluding carboxylic acids is 2. The molecular formula is C28H38N2O3. The third kappa shape index (κ3) is 7.34. The number of nitrogens with zero attached hydrogens (tertiary/aromatic N) is 1. The second-order valence-corrected chi connectivity index (χ2v) is 9.12. The molecule has 3 rings (SSSR count). The first-order valence-electron chi connectivity index (χ1n) is 12.3. The first-order valence-corrected chi connectivity index (χ1v) is 12.3. The van der Waals surface area contributed by atoms with E-state index in [1.165, 1.54) is 12.0 Å². The zero-order valence-electron chi connectivity index (χ0n) is 20.3. The molecule has 1 N–H and O–H groups in total. The van der Waals surface area contributed by atoms with Gasteiger partial charge in [-0.05, 0) is 55.9 Å². The predicted octanol–water partition coefficient (Wildman–Crippen LogP) is 5.19. The van der Waals surface area contributed by atoms with Crippen LogP contribution in [0.3, 0.4) is 0 Å². The van der Waals surface area contributed by atoms with Crippen molar-refractivity contribution < 1.29 is 14.3 Å². The van der Waals surface area contributed by atoms with Gasteiger partial charge in [-0.3, -0.25) is 9.59 Å². The molecule has 1 atom stereocenters. The number of ether oxygens (including phenoxy) is 1. The quantitative estimate of drug-likeness (QED) is 0.542. The average Bonchev–Trinajstić information content (AvgIpc) is 2.84. The van der Waals surface area contributed by atoms with Crippen molar-refractivity contribution in [3.8, 4) is 5.75 Å². The van der Waals surface area contributed by atoms with Crippen LogP contribution in [0, 0.1) is 6.92 Å². The third-order valence-corrected chi connectivity index (χ3v) is 6.60. The van der Waals surface area contributed by atoms with Gasteiger partial charge in [-0.1, -0.05) is 68.1 Å². The molecule has 2 aromatic carbocycles. The minimum atomic E-state index is -0.473. The topological polar surface area (TPSA) is 58.6 Å².